The van der Waals surface area contributed by atoms with Gasteiger partial charge in [-0.1, -0.05) is 30.3 Å². The van der Waals surface area contributed by atoms with Crippen LogP contribution in [0.2, 0.25) is 0 Å². The molecule has 1 aromatic heterocycles. The predicted octanol–water partition coefficient (Wildman–Crippen LogP) is 1.73. The van der Waals surface area contributed by atoms with E-state index in [9.17, 15) is 4.79 Å². The summed E-state index contributed by atoms with van der Waals surface area (Å²) in [5.74, 6) is 0. The summed E-state index contributed by atoms with van der Waals surface area (Å²) < 4.78 is 0. The van der Waals surface area contributed by atoms with Crippen LogP contribution in [0.1, 0.15) is 22.4 Å². The fourth-order valence-corrected chi connectivity index (χ4v) is 1.95. The van der Waals surface area contributed by atoms with Gasteiger partial charge in [0.2, 0.25) is 0 Å². The molecule has 0 fully saturated rings. The number of rotatable bonds is 3. The highest BCUT2D eigenvalue weighted by Gasteiger charge is 2.05. The average Bonchev–Trinajstić information content (AvgIpc) is 2.30. The van der Waals surface area contributed by atoms with Crippen LogP contribution in [0.3, 0.4) is 0 Å². The molecule has 0 spiro atoms. The molecule has 0 radical (unpaired) electrons. The zero-order chi connectivity index (χ0) is 12.3. The lowest BCUT2D eigenvalue weighted by Gasteiger charge is -2.06. The Morgan fingerprint density at radius 2 is 1.94 bits per heavy atom. The summed E-state index contributed by atoms with van der Waals surface area (Å²) >= 11 is 0. The predicted molar refractivity (Wildman–Crippen MR) is 68.9 cm³/mol. The number of nitrogens with one attached hydrogen (secondary N) is 1. The van der Waals surface area contributed by atoms with Gasteiger partial charge in [-0.3, -0.25) is 4.79 Å². The van der Waals surface area contributed by atoms with E-state index in [1.54, 1.807) is 0 Å². The van der Waals surface area contributed by atoms with E-state index in [1.807, 2.05) is 43.3 Å². The Morgan fingerprint density at radius 3 is 2.53 bits per heavy atom. The van der Waals surface area contributed by atoms with Gasteiger partial charge in [-0.2, -0.15) is 0 Å². The third-order valence-corrected chi connectivity index (χ3v) is 2.86. The average molecular weight is 228 g/mol. The fraction of sp³-hybridized carbons (Fsp3) is 0.214. The van der Waals surface area contributed by atoms with Gasteiger partial charge in [0.05, 0.1) is 0 Å². The molecule has 0 aliphatic heterocycles. The maximum absolute atomic E-state index is 11.7. The number of aromatic amines is 1. The molecule has 2 rings (SSSR count). The lowest BCUT2D eigenvalue weighted by molar-refractivity contribution is 0.952. The van der Waals surface area contributed by atoms with E-state index < -0.39 is 0 Å². The lowest BCUT2D eigenvalue weighted by atomic mass is 10.1. The third kappa shape index (κ3) is 2.63. The van der Waals surface area contributed by atoms with Crippen LogP contribution in [0.5, 0.6) is 0 Å². The minimum Gasteiger partial charge on any atom is -0.326 e. The molecule has 0 aliphatic rings. The molecule has 0 saturated carbocycles. The Hall–Kier alpha value is -1.87. The maximum atomic E-state index is 11.7. The monoisotopic (exact) mass is 228 g/mol. The number of aromatic nitrogens is 1. The zero-order valence-corrected chi connectivity index (χ0v) is 9.86. The first-order valence-corrected chi connectivity index (χ1v) is 5.66. The van der Waals surface area contributed by atoms with E-state index in [4.69, 9.17) is 5.73 Å². The Morgan fingerprint density at radius 1 is 1.24 bits per heavy atom. The highest BCUT2D eigenvalue weighted by molar-refractivity contribution is 5.28. The zero-order valence-electron chi connectivity index (χ0n) is 9.86. The normalized spacial score (nSPS) is 10.5. The van der Waals surface area contributed by atoms with Crippen LogP contribution in [-0.4, -0.2) is 4.98 Å². The number of pyridine rings is 1. The van der Waals surface area contributed by atoms with E-state index in [0.29, 0.717) is 5.56 Å². The van der Waals surface area contributed by atoms with Gasteiger partial charge in [-0.15, -0.1) is 0 Å². The molecule has 0 amide bonds. The molecule has 1 aromatic carbocycles. The van der Waals surface area contributed by atoms with Crippen molar-refractivity contribution in [3.05, 3.63) is 69.1 Å². The van der Waals surface area contributed by atoms with Gasteiger partial charge in [-0.25, -0.2) is 0 Å². The molecule has 0 aliphatic carbocycles. The van der Waals surface area contributed by atoms with E-state index in [2.05, 4.69) is 4.98 Å². The molecule has 1 heterocycles. The summed E-state index contributed by atoms with van der Waals surface area (Å²) in [4.78, 5) is 14.6. The van der Waals surface area contributed by atoms with Crippen LogP contribution < -0.4 is 11.3 Å². The van der Waals surface area contributed by atoms with Gasteiger partial charge >= 0.3 is 0 Å². The number of benzene rings is 1. The van der Waals surface area contributed by atoms with Crippen molar-refractivity contribution >= 4 is 0 Å². The van der Waals surface area contributed by atoms with Crippen LogP contribution in [0.4, 0.5) is 0 Å². The van der Waals surface area contributed by atoms with Crippen molar-refractivity contribution < 1.29 is 0 Å². The summed E-state index contributed by atoms with van der Waals surface area (Å²) in [6.45, 7) is 2.21. The first-order chi connectivity index (χ1) is 8.20. The second-order valence-electron chi connectivity index (χ2n) is 4.15. The van der Waals surface area contributed by atoms with Gasteiger partial charge in [0.25, 0.3) is 5.56 Å². The van der Waals surface area contributed by atoms with Crippen molar-refractivity contribution in [2.24, 2.45) is 5.73 Å². The van der Waals surface area contributed by atoms with E-state index in [-0.39, 0.29) is 12.1 Å². The minimum atomic E-state index is -0.0709. The molecule has 88 valence electrons. The van der Waals surface area contributed by atoms with Crippen molar-refractivity contribution in [2.45, 2.75) is 19.9 Å². The van der Waals surface area contributed by atoms with Crippen LogP contribution in [-0.2, 0) is 13.0 Å². The molecule has 2 aromatic rings. The molecule has 0 bridgehead atoms. The molecular formula is C14H16N2O. The van der Waals surface area contributed by atoms with Crippen molar-refractivity contribution in [3.8, 4) is 0 Å². The lowest BCUT2D eigenvalue weighted by Crippen LogP contribution is -2.19. The van der Waals surface area contributed by atoms with Gasteiger partial charge in [0.1, 0.15) is 0 Å². The van der Waals surface area contributed by atoms with Gasteiger partial charge < -0.3 is 10.7 Å². The SMILES string of the molecule is Cc1cc(Cc2ccccc2)[nH]c(=O)c1CN. The first kappa shape index (κ1) is 11.6. The smallest absolute Gasteiger partial charge is 0.252 e. The number of hydrogen-bond acceptors (Lipinski definition) is 2. The van der Waals surface area contributed by atoms with Crippen LogP contribution in [0.25, 0.3) is 0 Å². The Labute approximate surface area is 100 Å². The number of H-pyrrole nitrogens is 1. The molecule has 3 heteroatoms. The molecule has 0 atom stereocenters. The highest BCUT2D eigenvalue weighted by Crippen LogP contribution is 2.09. The Balaban J connectivity index is 2.32. The first-order valence-electron chi connectivity index (χ1n) is 5.66. The molecular weight excluding hydrogens is 212 g/mol. The molecule has 3 N–H and O–H groups in total. The van der Waals surface area contributed by atoms with Crippen LogP contribution in [0.15, 0.2) is 41.2 Å². The summed E-state index contributed by atoms with van der Waals surface area (Å²) in [7, 11) is 0. The number of nitrogens with two attached hydrogens (primary N) is 1. The van der Waals surface area contributed by atoms with Gasteiger partial charge in [-0.05, 0) is 24.1 Å². The summed E-state index contributed by atoms with van der Waals surface area (Å²) in [5, 5.41) is 0. The molecule has 0 saturated heterocycles. The summed E-state index contributed by atoms with van der Waals surface area (Å²) in [6.07, 6.45) is 0.738. The molecule has 3 nitrogen and oxygen atoms in total. The third-order valence-electron chi connectivity index (χ3n) is 2.86. The molecule has 0 unspecified atom stereocenters. The quantitative estimate of drug-likeness (QED) is 0.840. The standard InChI is InChI=1S/C14H16N2O/c1-10-7-12(16-14(17)13(10)9-15)8-11-5-3-2-4-6-11/h2-7H,8-9,15H2,1H3,(H,16,17). The van der Waals surface area contributed by atoms with Gasteiger partial charge in [0, 0.05) is 24.2 Å². The summed E-state index contributed by atoms with van der Waals surface area (Å²) in [6, 6.07) is 12.1. The van der Waals surface area contributed by atoms with Crippen molar-refractivity contribution in [1.29, 1.82) is 0 Å². The van der Waals surface area contributed by atoms with Gasteiger partial charge in [0.15, 0.2) is 0 Å². The Kier molecular flexibility index (Phi) is 3.40. The Bertz CT molecular complexity index is 558. The largest absolute Gasteiger partial charge is 0.326 e. The fourth-order valence-electron chi connectivity index (χ4n) is 1.95. The number of hydrogen-bond donors (Lipinski definition) is 2. The number of aryl methyl sites for hydroxylation is 1. The highest BCUT2D eigenvalue weighted by atomic mass is 16.1. The second-order valence-corrected chi connectivity index (χ2v) is 4.15. The van der Waals surface area contributed by atoms with Crippen molar-refractivity contribution in [2.75, 3.05) is 0 Å². The van der Waals surface area contributed by atoms with E-state index in [0.717, 1.165) is 17.7 Å². The van der Waals surface area contributed by atoms with E-state index in [1.165, 1.54) is 5.56 Å². The molecule has 17 heavy (non-hydrogen) atoms. The summed E-state index contributed by atoms with van der Waals surface area (Å²) in [5.41, 5.74) is 9.20. The van der Waals surface area contributed by atoms with Crippen LogP contribution in [0, 0.1) is 6.92 Å². The topological polar surface area (TPSA) is 58.9 Å². The van der Waals surface area contributed by atoms with E-state index >= 15 is 0 Å². The van der Waals surface area contributed by atoms with Crippen molar-refractivity contribution in [1.82, 2.24) is 4.98 Å². The van der Waals surface area contributed by atoms with Crippen molar-refractivity contribution in [3.63, 3.8) is 0 Å². The minimum absolute atomic E-state index is 0.0709. The maximum Gasteiger partial charge on any atom is 0.252 e. The van der Waals surface area contributed by atoms with Crippen LogP contribution >= 0.6 is 0 Å². The second kappa shape index (κ2) is 4.97.